The Balaban J connectivity index is 2.17. The zero-order valence-electron chi connectivity index (χ0n) is 7.98. The number of rotatable bonds is 2. The van der Waals surface area contributed by atoms with E-state index in [1.54, 1.807) is 12.4 Å². The van der Waals surface area contributed by atoms with Crippen LogP contribution in [0.3, 0.4) is 0 Å². The summed E-state index contributed by atoms with van der Waals surface area (Å²) in [4.78, 5) is 10.4. The fraction of sp³-hybridized carbons (Fsp3) is 0.556. The molecule has 5 heteroatoms. The maximum Gasteiger partial charge on any atom is 0.171 e. The van der Waals surface area contributed by atoms with Crippen molar-refractivity contribution in [1.29, 1.82) is 0 Å². The van der Waals surface area contributed by atoms with Crippen LogP contribution in [-0.4, -0.2) is 34.6 Å². The third-order valence-electron chi connectivity index (χ3n) is 2.42. The predicted octanol–water partition coefficient (Wildman–Crippen LogP) is 2.07. The predicted molar refractivity (Wildman–Crippen MR) is 61.2 cm³/mol. The molecule has 0 bridgehead atoms. The summed E-state index contributed by atoms with van der Waals surface area (Å²) in [7, 11) is 2.03. The van der Waals surface area contributed by atoms with Crippen molar-refractivity contribution < 1.29 is 0 Å². The summed E-state index contributed by atoms with van der Waals surface area (Å²) in [5, 5.41) is 0.493. The van der Waals surface area contributed by atoms with Crippen LogP contribution in [0, 0.1) is 0 Å². The van der Waals surface area contributed by atoms with Crippen LogP contribution in [0.1, 0.15) is 6.42 Å². The van der Waals surface area contributed by atoms with Gasteiger partial charge in [0.1, 0.15) is 0 Å². The van der Waals surface area contributed by atoms with Gasteiger partial charge in [0.05, 0.1) is 0 Å². The molecule has 1 saturated heterocycles. The van der Waals surface area contributed by atoms with Crippen molar-refractivity contribution in [3.05, 3.63) is 17.5 Å². The van der Waals surface area contributed by atoms with Gasteiger partial charge in [0.25, 0.3) is 0 Å². The summed E-state index contributed by atoms with van der Waals surface area (Å²) in [6.07, 6.45) is 4.50. The molecule has 3 nitrogen and oxygen atoms in total. The molecule has 1 aliphatic heterocycles. The van der Waals surface area contributed by atoms with E-state index in [0.717, 1.165) is 11.6 Å². The minimum atomic E-state index is 0.493. The maximum absolute atomic E-state index is 5.98. The van der Waals surface area contributed by atoms with E-state index in [-0.39, 0.29) is 0 Å². The first-order valence-corrected chi connectivity index (χ1v) is 6.09. The average Bonchev–Trinajstić information content (AvgIpc) is 2.70. The number of hydrogen-bond donors (Lipinski definition) is 0. The summed E-state index contributed by atoms with van der Waals surface area (Å²) in [5.74, 6) is 3.18. The van der Waals surface area contributed by atoms with Crippen molar-refractivity contribution >= 4 is 29.2 Å². The highest BCUT2D eigenvalue weighted by molar-refractivity contribution is 7.99. The molecule has 0 aromatic carbocycles. The van der Waals surface area contributed by atoms with Crippen LogP contribution in [-0.2, 0) is 0 Å². The Labute approximate surface area is 92.9 Å². The van der Waals surface area contributed by atoms with Gasteiger partial charge < -0.3 is 4.90 Å². The van der Waals surface area contributed by atoms with Crippen molar-refractivity contribution in [1.82, 2.24) is 9.97 Å². The van der Waals surface area contributed by atoms with Gasteiger partial charge in [0.2, 0.25) is 0 Å². The number of anilines is 1. The molecule has 1 unspecified atom stereocenters. The minimum absolute atomic E-state index is 0.493. The summed E-state index contributed by atoms with van der Waals surface area (Å²) in [6, 6.07) is 0.550. The topological polar surface area (TPSA) is 29.0 Å². The van der Waals surface area contributed by atoms with Crippen LogP contribution in [0.15, 0.2) is 12.4 Å². The van der Waals surface area contributed by atoms with E-state index in [4.69, 9.17) is 11.6 Å². The molecule has 1 atom stereocenters. The Kier molecular flexibility index (Phi) is 3.13. The number of aromatic nitrogens is 2. The number of halogens is 1. The van der Waals surface area contributed by atoms with Gasteiger partial charge >= 0.3 is 0 Å². The number of hydrogen-bond acceptors (Lipinski definition) is 4. The molecule has 14 heavy (non-hydrogen) atoms. The largest absolute Gasteiger partial charge is 0.353 e. The molecule has 0 N–H and O–H groups in total. The van der Waals surface area contributed by atoms with E-state index in [2.05, 4.69) is 14.9 Å². The summed E-state index contributed by atoms with van der Waals surface area (Å²) in [5.41, 5.74) is 0. The molecule has 0 amide bonds. The Morgan fingerprint density at radius 1 is 1.50 bits per heavy atom. The molecule has 1 fully saturated rings. The second-order valence-corrected chi connectivity index (χ2v) is 4.81. The number of thioether (sulfide) groups is 1. The lowest BCUT2D eigenvalue weighted by atomic mass is 10.2. The highest BCUT2D eigenvalue weighted by Gasteiger charge is 2.22. The molecule has 1 aliphatic rings. The quantitative estimate of drug-likeness (QED) is 0.777. The molecule has 0 spiro atoms. The van der Waals surface area contributed by atoms with Crippen molar-refractivity contribution in [3.8, 4) is 0 Å². The van der Waals surface area contributed by atoms with Gasteiger partial charge in [0.15, 0.2) is 11.0 Å². The Hall–Kier alpha value is -0.480. The number of nitrogens with zero attached hydrogens (tertiary/aromatic N) is 3. The van der Waals surface area contributed by atoms with E-state index in [1.807, 2.05) is 18.8 Å². The fourth-order valence-electron chi connectivity index (χ4n) is 1.55. The van der Waals surface area contributed by atoms with Gasteiger partial charge in [-0.15, -0.1) is 0 Å². The van der Waals surface area contributed by atoms with Crippen LogP contribution in [0.2, 0.25) is 5.15 Å². The molecule has 1 aromatic rings. The fourth-order valence-corrected chi connectivity index (χ4v) is 3.06. The van der Waals surface area contributed by atoms with E-state index >= 15 is 0 Å². The van der Waals surface area contributed by atoms with Crippen molar-refractivity contribution in [3.63, 3.8) is 0 Å². The highest BCUT2D eigenvalue weighted by atomic mass is 35.5. The summed E-state index contributed by atoms with van der Waals surface area (Å²) < 4.78 is 0. The molecule has 0 radical (unpaired) electrons. The standard InChI is InChI=1S/C9H12ClN3S/c1-13(7-2-5-14-6-7)9-8(10)11-3-4-12-9/h3-4,7H,2,5-6H2,1H3. The molecular weight excluding hydrogens is 218 g/mol. The first-order valence-electron chi connectivity index (χ1n) is 4.56. The smallest absolute Gasteiger partial charge is 0.171 e. The molecule has 1 aromatic heterocycles. The Morgan fingerprint density at radius 3 is 2.93 bits per heavy atom. The first-order chi connectivity index (χ1) is 6.79. The van der Waals surface area contributed by atoms with Gasteiger partial charge in [-0.05, 0) is 12.2 Å². The van der Waals surface area contributed by atoms with Crippen LogP contribution < -0.4 is 4.90 Å². The van der Waals surface area contributed by atoms with E-state index in [1.165, 1.54) is 12.2 Å². The zero-order valence-corrected chi connectivity index (χ0v) is 9.55. The lowest BCUT2D eigenvalue weighted by molar-refractivity contribution is 0.690. The minimum Gasteiger partial charge on any atom is -0.353 e. The van der Waals surface area contributed by atoms with E-state index in [9.17, 15) is 0 Å². The van der Waals surface area contributed by atoms with Gasteiger partial charge in [-0.3, -0.25) is 0 Å². The second-order valence-electron chi connectivity index (χ2n) is 3.30. The summed E-state index contributed by atoms with van der Waals surface area (Å²) in [6.45, 7) is 0. The average molecular weight is 230 g/mol. The lowest BCUT2D eigenvalue weighted by Crippen LogP contribution is -2.32. The van der Waals surface area contributed by atoms with Crippen molar-refractivity contribution in [2.24, 2.45) is 0 Å². The normalized spacial score (nSPS) is 21.1. The maximum atomic E-state index is 5.98. The van der Waals surface area contributed by atoms with Crippen LogP contribution >= 0.6 is 23.4 Å². The van der Waals surface area contributed by atoms with E-state index in [0.29, 0.717) is 11.2 Å². The Morgan fingerprint density at radius 2 is 2.29 bits per heavy atom. The monoisotopic (exact) mass is 229 g/mol. The molecule has 0 saturated carbocycles. The highest BCUT2D eigenvalue weighted by Crippen LogP contribution is 2.27. The van der Waals surface area contributed by atoms with Gasteiger partial charge in [-0.1, -0.05) is 11.6 Å². The van der Waals surface area contributed by atoms with Crippen LogP contribution in [0.25, 0.3) is 0 Å². The molecule has 0 aliphatic carbocycles. The van der Waals surface area contributed by atoms with Crippen molar-refractivity contribution in [2.75, 3.05) is 23.5 Å². The van der Waals surface area contributed by atoms with Crippen molar-refractivity contribution in [2.45, 2.75) is 12.5 Å². The molecule has 2 rings (SSSR count). The third-order valence-corrected chi connectivity index (χ3v) is 3.83. The van der Waals surface area contributed by atoms with Crippen LogP contribution in [0.5, 0.6) is 0 Å². The Bertz CT molecular complexity index is 315. The molecule has 2 heterocycles. The lowest BCUT2D eigenvalue weighted by Gasteiger charge is -2.24. The van der Waals surface area contributed by atoms with Crippen LogP contribution in [0.4, 0.5) is 5.82 Å². The molecular formula is C9H12ClN3S. The van der Waals surface area contributed by atoms with E-state index < -0.39 is 0 Å². The molecule has 76 valence electrons. The zero-order chi connectivity index (χ0) is 9.97. The van der Waals surface area contributed by atoms with Gasteiger partial charge in [-0.2, -0.15) is 11.8 Å². The van der Waals surface area contributed by atoms with Gasteiger partial charge in [0, 0.05) is 31.2 Å². The van der Waals surface area contributed by atoms with Gasteiger partial charge in [-0.25, -0.2) is 9.97 Å². The third kappa shape index (κ3) is 1.96. The second kappa shape index (κ2) is 4.36. The first kappa shape index (κ1) is 10.1. The summed E-state index contributed by atoms with van der Waals surface area (Å²) >= 11 is 7.95. The SMILES string of the molecule is CN(c1nccnc1Cl)C1CCSC1.